The molecule has 7 nitrogen and oxygen atoms in total. The van der Waals surface area contributed by atoms with E-state index in [1.165, 1.54) is 0 Å². The first-order valence-electron chi connectivity index (χ1n) is 9.62. The van der Waals surface area contributed by atoms with Gasteiger partial charge in [-0.25, -0.2) is 9.97 Å². The molecule has 0 radical (unpaired) electrons. The minimum absolute atomic E-state index is 0.0876. The number of nitrogens with zero attached hydrogens (tertiary/aromatic N) is 5. The third kappa shape index (κ3) is 3.47. The lowest BCUT2D eigenvalue weighted by Crippen LogP contribution is -2.40. The molecule has 0 amide bonds. The molecule has 2 fully saturated rings. The molecule has 0 bridgehead atoms. The molecule has 1 aliphatic carbocycles. The van der Waals surface area contributed by atoms with Crippen LogP contribution in [0.25, 0.3) is 0 Å². The first-order valence-corrected chi connectivity index (χ1v) is 9.62. The van der Waals surface area contributed by atoms with Gasteiger partial charge < -0.3 is 9.72 Å². The molecular weight excluding hydrogens is 340 g/mol. The van der Waals surface area contributed by atoms with Crippen LogP contribution in [-0.2, 0) is 6.54 Å². The van der Waals surface area contributed by atoms with E-state index in [1.807, 2.05) is 42.9 Å². The van der Waals surface area contributed by atoms with E-state index in [0.29, 0.717) is 17.7 Å². The average molecular weight is 364 g/mol. The molecule has 1 aliphatic heterocycles. The number of pyridine rings is 1. The Balaban J connectivity index is 1.33. The van der Waals surface area contributed by atoms with Crippen LogP contribution >= 0.6 is 0 Å². The summed E-state index contributed by atoms with van der Waals surface area (Å²) < 4.78 is 8.40. The summed E-state index contributed by atoms with van der Waals surface area (Å²) in [7, 11) is 0. The van der Waals surface area contributed by atoms with Crippen LogP contribution in [0.3, 0.4) is 0 Å². The highest BCUT2D eigenvalue weighted by molar-refractivity contribution is 5.11. The third-order valence-electron chi connectivity index (χ3n) is 5.86. The van der Waals surface area contributed by atoms with Crippen LogP contribution in [0.4, 0.5) is 0 Å². The smallest absolute Gasteiger partial charge is 0.213 e. The van der Waals surface area contributed by atoms with Gasteiger partial charge in [0.2, 0.25) is 5.88 Å². The van der Waals surface area contributed by atoms with Gasteiger partial charge in [-0.1, -0.05) is 6.07 Å². The highest BCUT2D eigenvalue weighted by Crippen LogP contribution is 2.42. The SMILES string of the molecule is c1ccc(O[C@H]2C[C@@H]3CN(Cc4ncc[nH]4)C[C@@H]3C[C@@H]2n2cccn2)nc1. The Bertz CT molecular complexity index is 835. The van der Waals surface area contributed by atoms with E-state index in [4.69, 9.17) is 4.74 Å². The molecule has 4 atom stereocenters. The van der Waals surface area contributed by atoms with Crippen molar-refractivity contribution in [2.24, 2.45) is 11.8 Å². The summed E-state index contributed by atoms with van der Waals surface area (Å²) in [6.45, 7) is 3.09. The van der Waals surface area contributed by atoms with Gasteiger partial charge in [0.15, 0.2) is 0 Å². The number of aromatic nitrogens is 5. The molecule has 7 heteroatoms. The Hall–Kier alpha value is -2.67. The minimum Gasteiger partial charge on any atom is -0.472 e. The number of hydrogen-bond acceptors (Lipinski definition) is 5. The topological polar surface area (TPSA) is 71.9 Å². The van der Waals surface area contributed by atoms with Gasteiger partial charge >= 0.3 is 0 Å². The van der Waals surface area contributed by atoms with Crippen molar-refractivity contribution in [2.45, 2.75) is 31.5 Å². The van der Waals surface area contributed by atoms with Crippen LogP contribution in [0, 0.1) is 11.8 Å². The number of likely N-dealkylation sites (tertiary alicyclic amines) is 1. The van der Waals surface area contributed by atoms with E-state index in [-0.39, 0.29) is 12.1 Å². The Morgan fingerprint density at radius 3 is 2.70 bits per heavy atom. The predicted octanol–water partition coefficient (Wildman–Crippen LogP) is 2.53. The number of rotatable bonds is 5. The van der Waals surface area contributed by atoms with Crippen LogP contribution < -0.4 is 4.74 Å². The zero-order valence-electron chi connectivity index (χ0n) is 15.2. The van der Waals surface area contributed by atoms with Crippen LogP contribution in [0.2, 0.25) is 0 Å². The lowest BCUT2D eigenvalue weighted by molar-refractivity contribution is 0.0459. The van der Waals surface area contributed by atoms with Crippen molar-refractivity contribution in [1.29, 1.82) is 0 Å². The standard InChI is InChI=1S/C20H24N6O/c1-2-5-23-20(4-1)27-18-11-16-13-25(14-19-21-7-8-22-19)12-15(16)10-17(18)26-9-3-6-24-26/h1-9,15-18H,10-14H2,(H,21,22)/t15-,16+,17-,18-/m0/s1. The Morgan fingerprint density at radius 2 is 1.96 bits per heavy atom. The third-order valence-corrected chi connectivity index (χ3v) is 5.86. The molecule has 5 rings (SSSR count). The normalized spacial score (nSPS) is 28.1. The maximum Gasteiger partial charge on any atom is 0.213 e. The Kier molecular flexibility index (Phi) is 4.37. The Labute approximate surface area is 158 Å². The van der Waals surface area contributed by atoms with Crippen LogP contribution in [0.1, 0.15) is 24.7 Å². The monoisotopic (exact) mass is 364 g/mol. The molecule has 3 aromatic heterocycles. The van der Waals surface area contributed by atoms with Gasteiger partial charge in [0.05, 0.1) is 12.6 Å². The fraction of sp³-hybridized carbons (Fsp3) is 0.450. The molecule has 140 valence electrons. The zero-order chi connectivity index (χ0) is 18.1. The second kappa shape index (κ2) is 7.15. The molecule has 2 aliphatic rings. The molecule has 0 unspecified atom stereocenters. The molecule has 4 heterocycles. The van der Waals surface area contributed by atoms with Crippen molar-refractivity contribution in [3.05, 3.63) is 61.1 Å². The Morgan fingerprint density at radius 1 is 1.04 bits per heavy atom. The van der Waals surface area contributed by atoms with Gasteiger partial charge in [0, 0.05) is 50.1 Å². The van der Waals surface area contributed by atoms with Crippen LogP contribution in [-0.4, -0.2) is 48.8 Å². The van der Waals surface area contributed by atoms with Gasteiger partial charge in [-0.2, -0.15) is 5.10 Å². The van der Waals surface area contributed by atoms with E-state index in [2.05, 4.69) is 35.8 Å². The van der Waals surface area contributed by atoms with E-state index in [0.717, 1.165) is 38.3 Å². The van der Waals surface area contributed by atoms with Gasteiger partial charge in [-0.05, 0) is 36.8 Å². The van der Waals surface area contributed by atoms with E-state index >= 15 is 0 Å². The van der Waals surface area contributed by atoms with Crippen molar-refractivity contribution in [2.75, 3.05) is 13.1 Å². The van der Waals surface area contributed by atoms with E-state index in [1.54, 1.807) is 6.20 Å². The van der Waals surface area contributed by atoms with Crippen molar-refractivity contribution in [3.63, 3.8) is 0 Å². The van der Waals surface area contributed by atoms with Crippen molar-refractivity contribution < 1.29 is 4.74 Å². The lowest BCUT2D eigenvalue weighted by Gasteiger charge is -2.37. The summed E-state index contributed by atoms with van der Waals surface area (Å²) in [5.74, 6) is 3.04. The quantitative estimate of drug-likeness (QED) is 0.753. The number of aromatic amines is 1. The fourth-order valence-electron chi connectivity index (χ4n) is 4.67. The average Bonchev–Trinajstić information content (AvgIpc) is 3.44. The minimum atomic E-state index is 0.0876. The highest BCUT2D eigenvalue weighted by atomic mass is 16.5. The molecule has 1 N–H and O–H groups in total. The number of imidazole rings is 1. The fourth-order valence-corrected chi connectivity index (χ4v) is 4.67. The second-order valence-electron chi connectivity index (χ2n) is 7.60. The summed E-state index contributed by atoms with van der Waals surface area (Å²) in [5.41, 5.74) is 0. The zero-order valence-corrected chi connectivity index (χ0v) is 15.2. The van der Waals surface area contributed by atoms with Crippen LogP contribution in [0.15, 0.2) is 55.2 Å². The van der Waals surface area contributed by atoms with Crippen molar-refractivity contribution >= 4 is 0 Å². The number of fused-ring (bicyclic) bond motifs is 1. The summed E-state index contributed by atoms with van der Waals surface area (Å²) in [6.07, 6.45) is 11.6. The van der Waals surface area contributed by atoms with Gasteiger partial charge in [0.25, 0.3) is 0 Å². The molecule has 0 spiro atoms. The summed E-state index contributed by atoms with van der Waals surface area (Å²) in [6, 6.07) is 8.05. The number of nitrogens with one attached hydrogen (secondary N) is 1. The highest BCUT2D eigenvalue weighted by Gasteiger charge is 2.44. The lowest BCUT2D eigenvalue weighted by atomic mass is 9.77. The van der Waals surface area contributed by atoms with Crippen molar-refractivity contribution in [1.82, 2.24) is 29.6 Å². The first-order chi connectivity index (χ1) is 13.3. The second-order valence-corrected chi connectivity index (χ2v) is 7.60. The van der Waals surface area contributed by atoms with E-state index < -0.39 is 0 Å². The molecule has 27 heavy (non-hydrogen) atoms. The molecule has 1 saturated carbocycles. The summed E-state index contributed by atoms with van der Waals surface area (Å²) in [4.78, 5) is 14.5. The number of ether oxygens (including phenoxy) is 1. The summed E-state index contributed by atoms with van der Waals surface area (Å²) in [5, 5.41) is 4.51. The van der Waals surface area contributed by atoms with E-state index in [9.17, 15) is 0 Å². The molecule has 0 aromatic carbocycles. The number of hydrogen-bond donors (Lipinski definition) is 1. The maximum atomic E-state index is 6.33. The molecule has 1 saturated heterocycles. The van der Waals surface area contributed by atoms with Crippen LogP contribution in [0.5, 0.6) is 5.88 Å². The molecular formula is C20H24N6O. The van der Waals surface area contributed by atoms with Gasteiger partial charge in [-0.3, -0.25) is 9.58 Å². The largest absolute Gasteiger partial charge is 0.472 e. The maximum absolute atomic E-state index is 6.33. The van der Waals surface area contributed by atoms with Gasteiger partial charge in [-0.15, -0.1) is 0 Å². The predicted molar refractivity (Wildman–Crippen MR) is 100.0 cm³/mol. The van der Waals surface area contributed by atoms with Crippen molar-refractivity contribution in [3.8, 4) is 5.88 Å². The number of H-pyrrole nitrogens is 1. The molecule has 3 aromatic rings. The summed E-state index contributed by atoms with van der Waals surface area (Å²) >= 11 is 0. The van der Waals surface area contributed by atoms with Gasteiger partial charge in [0.1, 0.15) is 11.9 Å². The first kappa shape index (κ1) is 16.5.